The highest BCUT2D eigenvalue weighted by atomic mass is 16.5. The molecule has 7 aliphatic rings. The number of methoxy groups -OCH3 is 1. The van der Waals surface area contributed by atoms with Gasteiger partial charge in [-0.1, -0.05) is 17.7 Å². The van der Waals surface area contributed by atoms with Crippen molar-refractivity contribution in [2.24, 2.45) is 27.7 Å². The summed E-state index contributed by atoms with van der Waals surface area (Å²) in [6, 6.07) is 1.13. The minimum atomic E-state index is -0.317. The minimum Gasteiger partial charge on any atom is -0.482 e. The van der Waals surface area contributed by atoms with Crippen LogP contribution in [0.1, 0.15) is 57.8 Å². The average molecular weight is 451 g/mol. The fourth-order valence-electron chi connectivity index (χ4n) is 9.13. The molecule has 33 heavy (non-hydrogen) atoms. The van der Waals surface area contributed by atoms with Crippen molar-refractivity contribution < 1.29 is 9.84 Å². The number of hydrogen-bond donors (Lipinski definition) is 3. The maximum atomic E-state index is 10.7. The summed E-state index contributed by atoms with van der Waals surface area (Å²) in [7, 11) is 1.70. The largest absolute Gasteiger partial charge is 0.482 e. The Morgan fingerprint density at radius 2 is 2.09 bits per heavy atom. The number of hydrogen-bond acceptors (Lipinski definition) is 6. The summed E-state index contributed by atoms with van der Waals surface area (Å²) >= 11 is 0. The number of nitrogens with one attached hydrogen (secondary N) is 2. The van der Waals surface area contributed by atoms with Crippen molar-refractivity contribution in [2.45, 2.75) is 82.3 Å². The van der Waals surface area contributed by atoms with Gasteiger partial charge in [0.25, 0.3) is 0 Å². The Morgan fingerprint density at radius 1 is 1.21 bits per heavy atom. The van der Waals surface area contributed by atoms with E-state index in [-0.39, 0.29) is 17.8 Å². The molecule has 5 aliphatic carbocycles. The van der Waals surface area contributed by atoms with E-state index in [4.69, 9.17) is 4.74 Å². The Morgan fingerprint density at radius 3 is 2.94 bits per heavy atom. The van der Waals surface area contributed by atoms with Gasteiger partial charge in [0.2, 0.25) is 0 Å². The third kappa shape index (κ3) is 2.93. The normalized spacial score (nSPS) is 45.9. The number of likely N-dealkylation sites (tertiary alicyclic amines) is 1. The second-order valence-corrected chi connectivity index (χ2v) is 11.7. The molecule has 7 rings (SSSR count). The SMILES string of the molecule is COC1=CC=NC(NC2CCC34CCC2C32CCN(CC3CC3)C4CC3=C2CC(O)C=C3)N1. The predicted octanol–water partition coefficient (Wildman–Crippen LogP) is 3.07. The summed E-state index contributed by atoms with van der Waals surface area (Å²) in [6.45, 7) is 2.55. The standard InChI is InChI=1S/C27H38N4O2/c1-33-24-8-12-28-25(30-24)29-22-7-10-26-9-6-20(22)27(26)11-13-31(16-17-2-3-17)23(26)14-18-4-5-19(32)15-21(18)27/h4-5,8,12,17,19-20,22-23,25,29-30,32H,2-3,6-7,9-11,13-16H2,1H3. The van der Waals surface area contributed by atoms with Crippen LogP contribution >= 0.6 is 0 Å². The van der Waals surface area contributed by atoms with E-state index in [2.05, 4.69) is 26.6 Å². The van der Waals surface area contributed by atoms with Crippen LogP contribution < -0.4 is 10.6 Å². The van der Waals surface area contributed by atoms with Gasteiger partial charge in [0.05, 0.1) is 13.2 Å². The topological polar surface area (TPSA) is 69.1 Å². The zero-order valence-electron chi connectivity index (χ0n) is 19.8. The number of aliphatic hydroxyl groups excluding tert-OH is 1. The van der Waals surface area contributed by atoms with Crippen molar-refractivity contribution in [3.05, 3.63) is 35.3 Å². The van der Waals surface area contributed by atoms with E-state index in [0.29, 0.717) is 23.4 Å². The lowest BCUT2D eigenvalue weighted by Gasteiger charge is -2.67. The quantitative estimate of drug-likeness (QED) is 0.601. The van der Waals surface area contributed by atoms with Crippen molar-refractivity contribution in [3.8, 4) is 0 Å². The van der Waals surface area contributed by atoms with Gasteiger partial charge in [0.15, 0.2) is 12.2 Å². The van der Waals surface area contributed by atoms with E-state index in [0.717, 1.165) is 18.2 Å². The van der Waals surface area contributed by atoms with E-state index in [9.17, 15) is 5.11 Å². The molecular weight excluding hydrogens is 412 g/mol. The molecule has 3 saturated carbocycles. The Labute approximate surface area is 197 Å². The minimum absolute atomic E-state index is 0.126. The first-order chi connectivity index (χ1) is 16.1. The molecule has 2 aliphatic heterocycles. The molecule has 0 aromatic carbocycles. The van der Waals surface area contributed by atoms with E-state index < -0.39 is 0 Å². The van der Waals surface area contributed by atoms with Crippen molar-refractivity contribution in [3.63, 3.8) is 0 Å². The summed E-state index contributed by atoms with van der Waals surface area (Å²) in [5.41, 5.74) is 3.83. The van der Waals surface area contributed by atoms with Crippen LogP contribution in [-0.4, -0.2) is 60.9 Å². The highest BCUT2D eigenvalue weighted by Crippen LogP contribution is 2.75. The van der Waals surface area contributed by atoms with Crippen molar-refractivity contribution in [1.82, 2.24) is 15.5 Å². The van der Waals surface area contributed by atoms with Gasteiger partial charge in [-0.2, -0.15) is 0 Å². The van der Waals surface area contributed by atoms with Crippen molar-refractivity contribution in [2.75, 3.05) is 20.2 Å². The lowest BCUT2D eigenvalue weighted by molar-refractivity contribution is -0.125. The van der Waals surface area contributed by atoms with Crippen LogP contribution in [-0.2, 0) is 4.74 Å². The molecule has 7 unspecified atom stereocenters. The van der Waals surface area contributed by atoms with Crippen LogP contribution in [0.15, 0.2) is 40.2 Å². The number of nitrogens with zero attached hydrogens (tertiary/aromatic N) is 2. The fraction of sp³-hybridized carbons (Fsp3) is 0.741. The van der Waals surface area contributed by atoms with Gasteiger partial charge in [-0.25, -0.2) is 0 Å². The van der Waals surface area contributed by atoms with Crippen LogP contribution in [0.25, 0.3) is 0 Å². The van der Waals surface area contributed by atoms with Gasteiger partial charge in [0.1, 0.15) is 0 Å². The summed E-state index contributed by atoms with van der Waals surface area (Å²) in [4.78, 5) is 7.57. The molecule has 4 fully saturated rings. The van der Waals surface area contributed by atoms with Crippen molar-refractivity contribution in [1.29, 1.82) is 0 Å². The summed E-state index contributed by atoms with van der Waals surface area (Å²) in [6.07, 6.45) is 19.0. The second-order valence-electron chi connectivity index (χ2n) is 11.7. The molecule has 6 heteroatoms. The molecule has 178 valence electrons. The summed E-state index contributed by atoms with van der Waals surface area (Å²) in [5.74, 6) is 2.34. The second kappa shape index (κ2) is 7.43. The first-order valence-electron chi connectivity index (χ1n) is 13.3. The van der Waals surface area contributed by atoms with Crippen LogP contribution in [0.3, 0.4) is 0 Å². The zero-order chi connectivity index (χ0) is 22.2. The molecule has 4 bridgehead atoms. The monoisotopic (exact) mass is 450 g/mol. The molecule has 0 aromatic rings. The summed E-state index contributed by atoms with van der Waals surface area (Å²) in [5, 5.41) is 18.0. The molecule has 2 heterocycles. The molecule has 0 spiro atoms. The number of rotatable bonds is 5. The van der Waals surface area contributed by atoms with Crippen LogP contribution in [0.4, 0.5) is 0 Å². The number of ether oxygens (including phenoxy) is 1. The highest BCUT2D eigenvalue weighted by molar-refractivity contribution is 5.72. The molecule has 1 saturated heterocycles. The molecule has 6 nitrogen and oxygen atoms in total. The van der Waals surface area contributed by atoms with E-state index in [1.54, 1.807) is 18.3 Å². The Kier molecular flexibility index (Phi) is 4.67. The van der Waals surface area contributed by atoms with Crippen molar-refractivity contribution >= 4 is 6.21 Å². The van der Waals surface area contributed by atoms with Gasteiger partial charge < -0.3 is 15.2 Å². The third-order valence-corrected chi connectivity index (χ3v) is 10.5. The number of piperidine rings is 1. The lowest BCUT2D eigenvalue weighted by atomic mass is 9.42. The molecular formula is C27H38N4O2. The van der Waals surface area contributed by atoms with Gasteiger partial charge in [-0.05, 0) is 87.2 Å². The maximum absolute atomic E-state index is 10.7. The zero-order valence-corrected chi connectivity index (χ0v) is 19.8. The highest BCUT2D eigenvalue weighted by Gasteiger charge is 2.71. The summed E-state index contributed by atoms with van der Waals surface area (Å²) < 4.78 is 5.42. The average Bonchev–Trinajstić information content (AvgIpc) is 3.60. The Bertz CT molecular complexity index is 952. The van der Waals surface area contributed by atoms with Crippen LogP contribution in [0, 0.1) is 22.7 Å². The number of aliphatic imine (C=N–C) groups is 1. The third-order valence-electron chi connectivity index (χ3n) is 10.5. The van der Waals surface area contributed by atoms with Gasteiger partial charge in [0, 0.05) is 36.3 Å². The van der Waals surface area contributed by atoms with Gasteiger partial charge in [-0.15, -0.1) is 0 Å². The Balaban J connectivity index is 1.25. The van der Waals surface area contributed by atoms with Crippen LogP contribution in [0.2, 0.25) is 0 Å². The van der Waals surface area contributed by atoms with Gasteiger partial charge >= 0.3 is 0 Å². The van der Waals surface area contributed by atoms with Gasteiger partial charge in [-0.3, -0.25) is 15.2 Å². The first kappa shape index (κ1) is 20.7. The lowest BCUT2D eigenvalue weighted by Crippen LogP contribution is -2.68. The molecule has 0 radical (unpaired) electrons. The smallest absolute Gasteiger partial charge is 0.190 e. The molecule has 3 N–H and O–H groups in total. The Hall–Kier alpha value is -1.63. The van der Waals surface area contributed by atoms with E-state index in [1.165, 1.54) is 64.5 Å². The first-order valence-corrected chi connectivity index (χ1v) is 13.3. The number of aliphatic hydroxyl groups is 1. The molecule has 0 aromatic heterocycles. The maximum Gasteiger partial charge on any atom is 0.190 e. The predicted molar refractivity (Wildman–Crippen MR) is 128 cm³/mol. The van der Waals surface area contributed by atoms with E-state index >= 15 is 0 Å². The van der Waals surface area contributed by atoms with Crippen LogP contribution in [0.5, 0.6) is 0 Å². The molecule has 0 amide bonds. The van der Waals surface area contributed by atoms with E-state index in [1.807, 2.05) is 18.4 Å². The fourth-order valence-corrected chi connectivity index (χ4v) is 9.13. The molecule has 7 atom stereocenters. The number of allylic oxidation sites excluding steroid dienone is 2.